The van der Waals surface area contributed by atoms with Gasteiger partial charge in [-0.2, -0.15) is 0 Å². The molecule has 22 heavy (non-hydrogen) atoms. The molecule has 0 unspecified atom stereocenters. The minimum Gasteiger partial charge on any atom is -0.381 e. The monoisotopic (exact) mass is 312 g/mol. The third-order valence-electron chi connectivity index (χ3n) is 4.03. The van der Waals surface area contributed by atoms with E-state index in [2.05, 4.69) is 41.7 Å². The SMILES string of the molecule is NC(=O)CSc1ccccc1NC1CC(c2ccccc2)C1. The first-order chi connectivity index (χ1) is 10.7. The van der Waals surface area contributed by atoms with Crippen LogP contribution in [0.4, 0.5) is 5.69 Å². The van der Waals surface area contributed by atoms with E-state index in [4.69, 9.17) is 5.73 Å². The van der Waals surface area contributed by atoms with Crippen LogP contribution < -0.4 is 11.1 Å². The second-order valence-electron chi connectivity index (χ2n) is 5.67. The summed E-state index contributed by atoms with van der Waals surface area (Å²) >= 11 is 1.49. The minimum atomic E-state index is -0.285. The third-order valence-corrected chi connectivity index (χ3v) is 5.12. The lowest BCUT2D eigenvalue weighted by Crippen LogP contribution is -2.34. The van der Waals surface area contributed by atoms with Crippen LogP contribution in [0.1, 0.15) is 24.3 Å². The fourth-order valence-corrected chi connectivity index (χ4v) is 3.57. The van der Waals surface area contributed by atoms with Crippen molar-refractivity contribution in [2.45, 2.75) is 29.7 Å². The fourth-order valence-electron chi connectivity index (χ4n) is 2.81. The number of rotatable bonds is 6. The van der Waals surface area contributed by atoms with Gasteiger partial charge in [-0.1, -0.05) is 42.5 Å². The largest absolute Gasteiger partial charge is 0.381 e. The Labute approximate surface area is 135 Å². The van der Waals surface area contributed by atoms with Crippen LogP contribution in [0, 0.1) is 0 Å². The molecule has 3 nitrogen and oxygen atoms in total. The summed E-state index contributed by atoms with van der Waals surface area (Å²) < 4.78 is 0. The Bertz CT molecular complexity index is 639. The average Bonchev–Trinajstić information content (AvgIpc) is 2.50. The zero-order valence-electron chi connectivity index (χ0n) is 12.4. The van der Waals surface area contributed by atoms with E-state index >= 15 is 0 Å². The molecule has 2 aromatic rings. The van der Waals surface area contributed by atoms with E-state index in [1.165, 1.54) is 17.3 Å². The van der Waals surface area contributed by atoms with Crippen LogP contribution in [-0.4, -0.2) is 17.7 Å². The van der Waals surface area contributed by atoms with Crippen molar-refractivity contribution in [1.82, 2.24) is 0 Å². The number of para-hydroxylation sites is 1. The van der Waals surface area contributed by atoms with Crippen molar-refractivity contribution in [3.63, 3.8) is 0 Å². The fraction of sp³-hybridized carbons (Fsp3) is 0.278. The van der Waals surface area contributed by atoms with E-state index in [0.29, 0.717) is 17.7 Å². The first-order valence-electron chi connectivity index (χ1n) is 7.54. The number of nitrogens with two attached hydrogens (primary N) is 1. The molecule has 114 valence electrons. The molecule has 1 aliphatic carbocycles. The van der Waals surface area contributed by atoms with Gasteiger partial charge in [0.2, 0.25) is 5.91 Å². The van der Waals surface area contributed by atoms with E-state index < -0.39 is 0 Å². The predicted octanol–water partition coefficient (Wildman–Crippen LogP) is 3.62. The number of hydrogen-bond acceptors (Lipinski definition) is 3. The van der Waals surface area contributed by atoms with Crippen molar-refractivity contribution in [1.29, 1.82) is 0 Å². The number of hydrogen-bond donors (Lipinski definition) is 2. The molecule has 0 atom stereocenters. The lowest BCUT2D eigenvalue weighted by molar-refractivity contribution is -0.115. The molecule has 0 saturated heterocycles. The number of carbonyl (C=O) groups is 1. The zero-order chi connectivity index (χ0) is 15.4. The van der Waals surface area contributed by atoms with Crippen molar-refractivity contribution >= 4 is 23.4 Å². The van der Waals surface area contributed by atoms with Crippen molar-refractivity contribution in [2.75, 3.05) is 11.1 Å². The van der Waals surface area contributed by atoms with Crippen LogP contribution >= 0.6 is 11.8 Å². The number of primary amides is 1. The second kappa shape index (κ2) is 6.88. The summed E-state index contributed by atoms with van der Waals surface area (Å²) in [6.45, 7) is 0. The summed E-state index contributed by atoms with van der Waals surface area (Å²) in [6.07, 6.45) is 2.30. The van der Waals surface area contributed by atoms with Gasteiger partial charge < -0.3 is 11.1 Å². The molecule has 0 bridgehead atoms. The van der Waals surface area contributed by atoms with Gasteiger partial charge in [0.25, 0.3) is 0 Å². The first kappa shape index (κ1) is 15.0. The van der Waals surface area contributed by atoms with Gasteiger partial charge in [-0.15, -0.1) is 11.8 Å². The van der Waals surface area contributed by atoms with Crippen LogP contribution in [0.5, 0.6) is 0 Å². The molecule has 2 aromatic carbocycles. The van der Waals surface area contributed by atoms with Crippen LogP contribution in [0.15, 0.2) is 59.5 Å². The van der Waals surface area contributed by atoms with Gasteiger partial charge in [0.05, 0.1) is 5.75 Å². The molecule has 0 heterocycles. The highest BCUT2D eigenvalue weighted by Gasteiger charge is 2.30. The van der Waals surface area contributed by atoms with Crippen molar-refractivity contribution in [2.24, 2.45) is 5.73 Å². The van der Waals surface area contributed by atoms with Crippen LogP contribution in [-0.2, 0) is 4.79 Å². The second-order valence-corrected chi connectivity index (χ2v) is 6.69. The summed E-state index contributed by atoms with van der Waals surface area (Å²) in [4.78, 5) is 12.0. The van der Waals surface area contributed by atoms with Crippen molar-refractivity contribution in [3.05, 3.63) is 60.2 Å². The lowest BCUT2D eigenvalue weighted by atomic mass is 9.76. The zero-order valence-corrected chi connectivity index (χ0v) is 13.2. The maximum Gasteiger partial charge on any atom is 0.227 e. The molecule has 0 aliphatic heterocycles. The molecule has 4 heteroatoms. The summed E-state index contributed by atoms with van der Waals surface area (Å²) in [5.74, 6) is 0.687. The predicted molar refractivity (Wildman–Crippen MR) is 92.2 cm³/mol. The number of benzene rings is 2. The van der Waals surface area contributed by atoms with Crippen molar-refractivity contribution < 1.29 is 4.79 Å². The number of anilines is 1. The Kier molecular flexibility index (Phi) is 4.68. The van der Waals surface area contributed by atoms with Gasteiger partial charge in [0.1, 0.15) is 0 Å². The Hall–Kier alpha value is -1.94. The molecule has 1 saturated carbocycles. The van der Waals surface area contributed by atoms with Gasteiger partial charge in [-0.05, 0) is 36.5 Å². The van der Waals surface area contributed by atoms with E-state index in [0.717, 1.165) is 23.4 Å². The smallest absolute Gasteiger partial charge is 0.227 e. The molecule has 1 aliphatic rings. The number of amides is 1. The molecule has 0 radical (unpaired) electrons. The van der Waals surface area contributed by atoms with E-state index in [1.54, 1.807) is 0 Å². The Morgan fingerprint density at radius 2 is 1.77 bits per heavy atom. The lowest BCUT2D eigenvalue weighted by Gasteiger charge is -2.37. The number of carbonyl (C=O) groups excluding carboxylic acids is 1. The number of thioether (sulfide) groups is 1. The van der Waals surface area contributed by atoms with Gasteiger partial charge in [0, 0.05) is 16.6 Å². The van der Waals surface area contributed by atoms with Crippen molar-refractivity contribution in [3.8, 4) is 0 Å². The highest BCUT2D eigenvalue weighted by molar-refractivity contribution is 8.00. The van der Waals surface area contributed by atoms with Crippen LogP contribution in [0.3, 0.4) is 0 Å². The van der Waals surface area contributed by atoms with Crippen LogP contribution in [0.2, 0.25) is 0 Å². The molecule has 0 spiro atoms. The molecule has 3 rings (SSSR count). The standard InChI is InChI=1S/C18H20N2OS/c19-18(21)12-22-17-9-5-4-8-16(17)20-15-10-14(11-15)13-6-2-1-3-7-13/h1-9,14-15,20H,10-12H2,(H2,19,21). The quantitative estimate of drug-likeness (QED) is 0.801. The molecule has 1 fully saturated rings. The van der Waals surface area contributed by atoms with Gasteiger partial charge in [-0.25, -0.2) is 0 Å². The molecular weight excluding hydrogens is 292 g/mol. The third kappa shape index (κ3) is 3.63. The summed E-state index contributed by atoms with van der Waals surface area (Å²) in [5, 5.41) is 3.60. The maximum atomic E-state index is 11.0. The highest BCUT2D eigenvalue weighted by Crippen LogP contribution is 2.39. The van der Waals surface area contributed by atoms with E-state index in [1.807, 2.05) is 18.2 Å². The van der Waals surface area contributed by atoms with E-state index in [9.17, 15) is 4.79 Å². The molecule has 1 amide bonds. The Morgan fingerprint density at radius 3 is 2.50 bits per heavy atom. The summed E-state index contributed by atoms with van der Waals surface area (Å²) in [5.41, 5.74) is 7.76. The van der Waals surface area contributed by atoms with Gasteiger partial charge in [0.15, 0.2) is 0 Å². The van der Waals surface area contributed by atoms with E-state index in [-0.39, 0.29) is 5.91 Å². The first-order valence-corrected chi connectivity index (χ1v) is 8.52. The molecule has 3 N–H and O–H groups in total. The Morgan fingerprint density at radius 1 is 1.09 bits per heavy atom. The highest BCUT2D eigenvalue weighted by atomic mass is 32.2. The Balaban J connectivity index is 1.58. The maximum absolute atomic E-state index is 11.0. The molecule has 0 aromatic heterocycles. The normalized spacial score (nSPS) is 20.2. The topological polar surface area (TPSA) is 55.1 Å². The summed E-state index contributed by atoms with van der Waals surface area (Å²) in [7, 11) is 0. The average molecular weight is 312 g/mol. The summed E-state index contributed by atoms with van der Waals surface area (Å²) in [6, 6.07) is 19.3. The van der Waals surface area contributed by atoms with Gasteiger partial charge >= 0.3 is 0 Å². The molecular formula is C18H20N2OS. The van der Waals surface area contributed by atoms with Gasteiger partial charge in [-0.3, -0.25) is 4.79 Å². The number of nitrogens with one attached hydrogen (secondary N) is 1. The van der Waals surface area contributed by atoms with Crippen LogP contribution in [0.25, 0.3) is 0 Å². The minimum absolute atomic E-state index is 0.285.